The van der Waals surface area contributed by atoms with E-state index in [2.05, 4.69) is 0 Å². The molecular formula is C14H13FN2S. The summed E-state index contributed by atoms with van der Waals surface area (Å²) in [6, 6.07) is 14.0. The van der Waals surface area contributed by atoms with E-state index >= 15 is 0 Å². The molecule has 0 bridgehead atoms. The van der Waals surface area contributed by atoms with Gasteiger partial charge in [0.2, 0.25) is 0 Å². The molecule has 18 heavy (non-hydrogen) atoms. The number of nitrogens with one attached hydrogen (secondary N) is 1. The maximum absolute atomic E-state index is 12.8. The van der Waals surface area contributed by atoms with Crippen LogP contribution in [0.2, 0.25) is 0 Å². The third-order valence-electron chi connectivity index (χ3n) is 2.52. The van der Waals surface area contributed by atoms with Crippen molar-refractivity contribution in [1.29, 1.82) is 5.41 Å². The van der Waals surface area contributed by atoms with Crippen LogP contribution in [0.25, 0.3) is 0 Å². The number of hydrogen-bond acceptors (Lipinski definition) is 2. The van der Waals surface area contributed by atoms with Crippen molar-refractivity contribution in [2.75, 3.05) is 0 Å². The Kier molecular flexibility index (Phi) is 3.99. The SMILES string of the molecule is N=C(N)c1ccccc1CSc1ccc(F)cc1. The molecule has 2 rings (SSSR count). The van der Waals surface area contributed by atoms with Crippen LogP contribution < -0.4 is 5.73 Å². The molecule has 2 aromatic rings. The van der Waals surface area contributed by atoms with Crippen molar-refractivity contribution in [2.45, 2.75) is 10.6 Å². The minimum Gasteiger partial charge on any atom is -0.384 e. The van der Waals surface area contributed by atoms with Gasteiger partial charge in [0.25, 0.3) is 0 Å². The standard InChI is InChI=1S/C14H13FN2S/c15-11-5-7-12(8-6-11)18-9-10-3-1-2-4-13(10)14(16)17/h1-8H,9H2,(H3,16,17). The number of nitrogens with two attached hydrogens (primary N) is 1. The molecule has 0 unspecified atom stereocenters. The largest absolute Gasteiger partial charge is 0.384 e. The zero-order chi connectivity index (χ0) is 13.0. The minimum absolute atomic E-state index is 0.0744. The number of benzene rings is 2. The van der Waals surface area contributed by atoms with Gasteiger partial charge in [-0.25, -0.2) is 4.39 Å². The molecule has 0 fully saturated rings. The van der Waals surface area contributed by atoms with Gasteiger partial charge in [0.05, 0.1) is 0 Å². The Morgan fingerprint density at radius 3 is 2.44 bits per heavy atom. The van der Waals surface area contributed by atoms with Gasteiger partial charge in [-0.15, -0.1) is 11.8 Å². The summed E-state index contributed by atoms with van der Waals surface area (Å²) in [7, 11) is 0. The minimum atomic E-state index is -0.233. The number of nitrogen functional groups attached to an aromatic ring is 1. The van der Waals surface area contributed by atoms with E-state index in [4.69, 9.17) is 11.1 Å². The Bertz CT molecular complexity index is 552. The third-order valence-corrected chi connectivity index (χ3v) is 3.58. The molecule has 0 radical (unpaired) electrons. The Morgan fingerprint density at radius 2 is 1.78 bits per heavy atom. The van der Waals surface area contributed by atoms with Crippen LogP contribution in [-0.2, 0) is 5.75 Å². The molecule has 0 aromatic heterocycles. The Balaban J connectivity index is 2.10. The lowest BCUT2D eigenvalue weighted by Crippen LogP contribution is -2.13. The molecule has 0 saturated heterocycles. The van der Waals surface area contributed by atoms with Gasteiger partial charge in [0.15, 0.2) is 0 Å². The van der Waals surface area contributed by atoms with Gasteiger partial charge in [-0.2, -0.15) is 0 Å². The molecule has 0 heterocycles. The highest BCUT2D eigenvalue weighted by Crippen LogP contribution is 2.24. The average Bonchev–Trinajstić information content (AvgIpc) is 2.38. The van der Waals surface area contributed by atoms with Crippen molar-refractivity contribution < 1.29 is 4.39 Å². The van der Waals surface area contributed by atoms with Crippen LogP contribution in [0.4, 0.5) is 4.39 Å². The molecule has 0 aliphatic heterocycles. The van der Waals surface area contributed by atoms with E-state index in [1.54, 1.807) is 23.9 Å². The normalized spacial score (nSPS) is 10.3. The number of hydrogen-bond donors (Lipinski definition) is 2. The Hall–Kier alpha value is -1.81. The lowest BCUT2D eigenvalue weighted by atomic mass is 10.1. The maximum atomic E-state index is 12.8. The van der Waals surface area contributed by atoms with Gasteiger partial charge in [-0.1, -0.05) is 24.3 Å². The number of thioether (sulfide) groups is 1. The topological polar surface area (TPSA) is 49.9 Å². The van der Waals surface area contributed by atoms with Crippen LogP contribution in [0.15, 0.2) is 53.4 Å². The van der Waals surface area contributed by atoms with Crippen molar-refractivity contribution in [1.82, 2.24) is 0 Å². The quantitative estimate of drug-likeness (QED) is 0.503. The highest BCUT2D eigenvalue weighted by molar-refractivity contribution is 7.98. The molecule has 0 amide bonds. The molecule has 2 nitrogen and oxygen atoms in total. The average molecular weight is 260 g/mol. The summed E-state index contributed by atoms with van der Waals surface area (Å²) in [5.74, 6) is 0.551. The highest BCUT2D eigenvalue weighted by atomic mass is 32.2. The van der Waals surface area contributed by atoms with Gasteiger partial charge in [0, 0.05) is 16.2 Å². The second-order valence-electron chi connectivity index (χ2n) is 3.81. The molecule has 92 valence electrons. The van der Waals surface area contributed by atoms with Crippen LogP contribution in [-0.4, -0.2) is 5.84 Å². The lowest BCUT2D eigenvalue weighted by Gasteiger charge is -2.07. The summed E-state index contributed by atoms with van der Waals surface area (Å²) in [6.45, 7) is 0. The van der Waals surface area contributed by atoms with Crippen molar-refractivity contribution >= 4 is 17.6 Å². The summed E-state index contributed by atoms with van der Waals surface area (Å²) in [6.07, 6.45) is 0. The summed E-state index contributed by atoms with van der Waals surface area (Å²) in [5.41, 5.74) is 7.30. The summed E-state index contributed by atoms with van der Waals surface area (Å²) in [5, 5.41) is 7.51. The smallest absolute Gasteiger partial charge is 0.123 e. The molecule has 0 aliphatic carbocycles. The van der Waals surface area contributed by atoms with Crippen molar-refractivity contribution in [2.24, 2.45) is 5.73 Å². The summed E-state index contributed by atoms with van der Waals surface area (Å²) in [4.78, 5) is 0.995. The van der Waals surface area contributed by atoms with Crippen molar-refractivity contribution in [3.8, 4) is 0 Å². The van der Waals surface area contributed by atoms with Crippen LogP contribution in [0.3, 0.4) is 0 Å². The second kappa shape index (κ2) is 5.69. The first kappa shape index (κ1) is 12.6. The lowest BCUT2D eigenvalue weighted by molar-refractivity contribution is 0.626. The van der Waals surface area contributed by atoms with Crippen molar-refractivity contribution in [3.63, 3.8) is 0 Å². The maximum Gasteiger partial charge on any atom is 0.123 e. The molecule has 0 aliphatic rings. The van der Waals surface area contributed by atoms with Gasteiger partial charge in [-0.05, 0) is 29.8 Å². The number of rotatable bonds is 4. The van der Waals surface area contributed by atoms with E-state index in [-0.39, 0.29) is 11.7 Å². The van der Waals surface area contributed by atoms with E-state index in [9.17, 15) is 4.39 Å². The molecular weight excluding hydrogens is 247 g/mol. The van der Waals surface area contributed by atoms with E-state index in [1.165, 1.54) is 12.1 Å². The van der Waals surface area contributed by atoms with E-state index in [0.717, 1.165) is 16.0 Å². The highest BCUT2D eigenvalue weighted by Gasteiger charge is 2.05. The summed E-state index contributed by atoms with van der Waals surface area (Å²) < 4.78 is 12.8. The molecule has 4 heteroatoms. The Morgan fingerprint density at radius 1 is 1.11 bits per heavy atom. The fraction of sp³-hybridized carbons (Fsp3) is 0.0714. The van der Waals surface area contributed by atoms with E-state index in [0.29, 0.717) is 5.75 Å². The molecule has 2 aromatic carbocycles. The second-order valence-corrected chi connectivity index (χ2v) is 4.86. The molecule has 0 saturated carbocycles. The van der Waals surface area contributed by atoms with Crippen LogP contribution >= 0.6 is 11.8 Å². The van der Waals surface area contributed by atoms with Crippen LogP contribution in [0.5, 0.6) is 0 Å². The first-order valence-corrected chi connectivity index (χ1v) is 6.46. The zero-order valence-corrected chi connectivity index (χ0v) is 10.5. The van der Waals surface area contributed by atoms with Crippen molar-refractivity contribution in [3.05, 3.63) is 65.5 Å². The van der Waals surface area contributed by atoms with Gasteiger partial charge in [-0.3, -0.25) is 5.41 Å². The predicted molar refractivity (Wildman–Crippen MR) is 73.4 cm³/mol. The number of halogens is 1. The summed E-state index contributed by atoms with van der Waals surface area (Å²) >= 11 is 1.59. The van der Waals surface area contributed by atoms with Crippen LogP contribution in [0, 0.1) is 11.2 Å². The van der Waals surface area contributed by atoms with Gasteiger partial charge < -0.3 is 5.73 Å². The fourth-order valence-electron chi connectivity index (χ4n) is 1.60. The predicted octanol–water partition coefficient (Wildman–Crippen LogP) is 3.40. The monoisotopic (exact) mass is 260 g/mol. The molecule has 3 N–H and O–H groups in total. The third kappa shape index (κ3) is 3.11. The zero-order valence-electron chi connectivity index (χ0n) is 9.69. The number of amidine groups is 1. The molecule has 0 spiro atoms. The first-order valence-electron chi connectivity index (χ1n) is 5.47. The first-order chi connectivity index (χ1) is 8.66. The van der Waals surface area contributed by atoms with E-state index in [1.807, 2.05) is 24.3 Å². The Labute approximate surface area is 110 Å². The fourth-order valence-corrected chi connectivity index (χ4v) is 2.50. The molecule has 0 atom stereocenters. The van der Waals surface area contributed by atoms with E-state index < -0.39 is 0 Å². The van der Waals surface area contributed by atoms with Gasteiger partial charge in [0.1, 0.15) is 11.7 Å². The van der Waals surface area contributed by atoms with Crippen LogP contribution in [0.1, 0.15) is 11.1 Å². The van der Waals surface area contributed by atoms with Gasteiger partial charge >= 0.3 is 0 Å².